The Kier molecular flexibility index (Phi) is 6.50. The van der Waals surface area contributed by atoms with E-state index in [0.717, 1.165) is 11.8 Å². The SMILES string of the molecule is O=C(NCC(O)c1ccccc1C(F)(F)F)c1cccc(OCc2cscn2)c1. The third kappa shape index (κ3) is 5.55. The van der Waals surface area contributed by atoms with Gasteiger partial charge >= 0.3 is 6.18 Å². The summed E-state index contributed by atoms with van der Waals surface area (Å²) in [6.45, 7) is -0.114. The molecule has 0 aliphatic carbocycles. The molecule has 1 heterocycles. The Morgan fingerprint density at radius 3 is 2.72 bits per heavy atom. The summed E-state index contributed by atoms with van der Waals surface area (Å²) in [5.41, 5.74) is 1.48. The largest absolute Gasteiger partial charge is 0.487 e. The maximum atomic E-state index is 13.1. The van der Waals surface area contributed by atoms with Crippen LogP contribution in [0.4, 0.5) is 13.2 Å². The lowest BCUT2D eigenvalue weighted by molar-refractivity contribution is -0.139. The second-order valence-corrected chi connectivity index (χ2v) is 6.83. The van der Waals surface area contributed by atoms with Gasteiger partial charge in [-0.3, -0.25) is 4.79 Å². The predicted octanol–water partition coefficient (Wildman–Crippen LogP) is 4.20. The first kappa shape index (κ1) is 20.8. The van der Waals surface area contributed by atoms with E-state index < -0.39 is 23.8 Å². The molecule has 9 heteroatoms. The van der Waals surface area contributed by atoms with Gasteiger partial charge in [-0.25, -0.2) is 4.98 Å². The number of amides is 1. The molecule has 0 aliphatic rings. The molecule has 1 unspecified atom stereocenters. The fraction of sp³-hybridized carbons (Fsp3) is 0.200. The molecule has 3 aromatic rings. The molecule has 152 valence electrons. The minimum absolute atomic E-state index is 0.252. The van der Waals surface area contributed by atoms with E-state index in [2.05, 4.69) is 10.3 Å². The van der Waals surface area contributed by atoms with Crippen LogP contribution in [0.25, 0.3) is 0 Å². The molecule has 0 saturated carbocycles. The number of hydrogen-bond donors (Lipinski definition) is 2. The molecule has 1 atom stereocenters. The molecule has 0 fully saturated rings. The van der Waals surface area contributed by atoms with Gasteiger partial charge in [-0.2, -0.15) is 13.2 Å². The van der Waals surface area contributed by atoms with Crippen LogP contribution in [-0.4, -0.2) is 22.5 Å². The van der Waals surface area contributed by atoms with Crippen molar-refractivity contribution in [3.8, 4) is 5.75 Å². The molecule has 0 aliphatic heterocycles. The number of aliphatic hydroxyl groups is 1. The highest BCUT2D eigenvalue weighted by Gasteiger charge is 2.34. The molecule has 0 radical (unpaired) electrons. The maximum absolute atomic E-state index is 13.1. The van der Waals surface area contributed by atoms with Crippen molar-refractivity contribution >= 4 is 17.2 Å². The molecule has 29 heavy (non-hydrogen) atoms. The topological polar surface area (TPSA) is 71.5 Å². The van der Waals surface area contributed by atoms with Gasteiger partial charge in [0.05, 0.1) is 22.9 Å². The minimum Gasteiger partial charge on any atom is -0.487 e. The molecule has 0 bridgehead atoms. The molecule has 1 aromatic heterocycles. The normalized spacial score (nSPS) is 12.4. The molecule has 0 saturated heterocycles. The lowest BCUT2D eigenvalue weighted by atomic mass is 10.0. The van der Waals surface area contributed by atoms with E-state index in [1.54, 1.807) is 23.7 Å². The number of thiazole rings is 1. The molecule has 2 aromatic carbocycles. The number of aromatic nitrogens is 1. The number of alkyl halides is 3. The molecular weight excluding hydrogens is 405 g/mol. The van der Waals surface area contributed by atoms with Gasteiger partial charge in [0.1, 0.15) is 12.4 Å². The molecular formula is C20H17F3N2O3S. The van der Waals surface area contributed by atoms with Gasteiger partial charge in [-0.05, 0) is 29.8 Å². The second kappa shape index (κ2) is 9.06. The molecule has 2 N–H and O–H groups in total. The van der Waals surface area contributed by atoms with Crippen molar-refractivity contribution in [2.75, 3.05) is 6.54 Å². The van der Waals surface area contributed by atoms with Crippen molar-refractivity contribution in [1.82, 2.24) is 10.3 Å². The van der Waals surface area contributed by atoms with E-state index in [4.69, 9.17) is 4.74 Å². The van der Waals surface area contributed by atoms with Gasteiger partial charge in [0.25, 0.3) is 5.91 Å². The van der Waals surface area contributed by atoms with Crippen LogP contribution in [0.3, 0.4) is 0 Å². The Morgan fingerprint density at radius 2 is 2.00 bits per heavy atom. The van der Waals surface area contributed by atoms with E-state index in [1.165, 1.54) is 35.6 Å². The maximum Gasteiger partial charge on any atom is 0.416 e. The summed E-state index contributed by atoms with van der Waals surface area (Å²) >= 11 is 1.44. The van der Waals surface area contributed by atoms with Crippen LogP contribution in [0.5, 0.6) is 5.75 Å². The number of carbonyl (C=O) groups excluding carboxylic acids is 1. The fourth-order valence-corrected chi connectivity index (χ4v) is 3.18. The van der Waals surface area contributed by atoms with Crippen LogP contribution >= 0.6 is 11.3 Å². The third-order valence-corrected chi connectivity index (χ3v) is 4.68. The lowest BCUT2D eigenvalue weighted by Crippen LogP contribution is -2.29. The Hall–Kier alpha value is -2.91. The van der Waals surface area contributed by atoms with Crippen LogP contribution in [0.1, 0.15) is 33.3 Å². The molecule has 5 nitrogen and oxygen atoms in total. The van der Waals surface area contributed by atoms with Crippen molar-refractivity contribution in [3.63, 3.8) is 0 Å². The standard InChI is InChI=1S/C20H17F3N2O3S/c21-20(22,23)17-7-2-1-6-16(17)18(26)9-24-19(27)13-4-3-5-15(8-13)28-10-14-11-29-12-25-14/h1-8,11-12,18,26H,9-10H2,(H,24,27). The van der Waals surface area contributed by atoms with Gasteiger partial charge in [0.15, 0.2) is 0 Å². The molecule has 0 spiro atoms. The lowest BCUT2D eigenvalue weighted by Gasteiger charge is -2.18. The highest BCUT2D eigenvalue weighted by atomic mass is 32.1. The summed E-state index contributed by atoms with van der Waals surface area (Å²) in [5.74, 6) is -0.0822. The Morgan fingerprint density at radius 1 is 1.21 bits per heavy atom. The van der Waals surface area contributed by atoms with E-state index in [0.29, 0.717) is 5.75 Å². The van der Waals surface area contributed by atoms with Crippen molar-refractivity contribution < 1.29 is 27.8 Å². The number of benzene rings is 2. The number of rotatable bonds is 7. The minimum atomic E-state index is -4.59. The highest BCUT2D eigenvalue weighted by molar-refractivity contribution is 7.07. The van der Waals surface area contributed by atoms with Crippen LogP contribution in [0, 0.1) is 0 Å². The smallest absolute Gasteiger partial charge is 0.416 e. The number of halogens is 3. The first-order valence-corrected chi connectivity index (χ1v) is 9.51. The summed E-state index contributed by atoms with van der Waals surface area (Å²) in [6.07, 6.45) is -6.09. The van der Waals surface area contributed by atoms with Gasteiger partial charge in [0.2, 0.25) is 0 Å². The Labute approximate surface area is 168 Å². The zero-order valence-corrected chi connectivity index (χ0v) is 15.8. The van der Waals surface area contributed by atoms with Gasteiger partial charge in [-0.15, -0.1) is 11.3 Å². The van der Waals surface area contributed by atoms with Crippen molar-refractivity contribution in [2.24, 2.45) is 0 Å². The van der Waals surface area contributed by atoms with Crippen molar-refractivity contribution in [2.45, 2.75) is 18.9 Å². The summed E-state index contributed by atoms with van der Waals surface area (Å²) < 4.78 is 44.8. The molecule has 3 rings (SSSR count). The summed E-state index contributed by atoms with van der Waals surface area (Å²) in [6, 6.07) is 11.1. The van der Waals surface area contributed by atoms with Crippen LogP contribution in [0.2, 0.25) is 0 Å². The number of carbonyl (C=O) groups is 1. The monoisotopic (exact) mass is 422 g/mol. The molecule has 1 amide bonds. The fourth-order valence-electron chi connectivity index (χ4n) is 2.64. The summed E-state index contributed by atoms with van der Waals surface area (Å²) in [7, 11) is 0. The summed E-state index contributed by atoms with van der Waals surface area (Å²) in [4.78, 5) is 16.4. The van der Waals surface area contributed by atoms with Gasteiger partial charge in [-0.1, -0.05) is 24.3 Å². The van der Waals surface area contributed by atoms with E-state index in [1.807, 2.05) is 5.38 Å². The average Bonchev–Trinajstić information content (AvgIpc) is 3.23. The zero-order valence-electron chi connectivity index (χ0n) is 15.0. The second-order valence-electron chi connectivity index (χ2n) is 6.11. The van der Waals surface area contributed by atoms with Crippen molar-refractivity contribution in [1.29, 1.82) is 0 Å². The number of nitrogens with zero attached hydrogens (tertiary/aromatic N) is 1. The van der Waals surface area contributed by atoms with Crippen LogP contribution in [-0.2, 0) is 12.8 Å². The number of nitrogens with one attached hydrogen (secondary N) is 1. The first-order valence-electron chi connectivity index (χ1n) is 8.57. The first-order chi connectivity index (χ1) is 13.8. The van der Waals surface area contributed by atoms with E-state index in [9.17, 15) is 23.1 Å². The van der Waals surface area contributed by atoms with E-state index in [-0.39, 0.29) is 24.3 Å². The van der Waals surface area contributed by atoms with Crippen molar-refractivity contribution in [3.05, 3.63) is 81.8 Å². The third-order valence-electron chi connectivity index (χ3n) is 4.05. The summed E-state index contributed by atoms with van der Waals surface area (Å²) in [5, 5.41) is 14.5. The average molecular weight is 422 g/mol. The van der Waals surface area contributed by atoms with Crippen LogP contribution in [0.15, 0.2) is 59.4 Å². The number of ether oxygens (including phenoxy) is 1. The Bertz CT molecular complexity index is 962. The quantitative estimate of drug-likeness (QED) is 0.599. The van der Waals surface area contributed by atoms with E-state index >= 15 is 0 Å². The Balaban J connectivity index is 1.62. The van der Waals surface area contributed by atoms with Gasteiger partial charge in [0, 0.05) is 17.5 Å². The van der Waals surface area contributed by atoms with Gasteiger partial charge < -0.3 is 15.2 Å². The number of aliphatic hydroxyl groups excluding tert-OH is 1. The predicted molar refractivity (Wildman–Crippen MR) is 102 cm³/mol. The number of hydrogen-bond acceptors (Lipinski definition) is 5. The van der Waals surface area contributed by atoms with Crippen LogP contribution < -0.4 is 10.1 Å². The highest BCUT2D eigenvalue weighted by Crippen LogP contribution is 2.34. The zero-order chi connectivity index (χ0) is 20.9.